The van der Waals surface area contributed by atoms with Gasteiger partial charge in [0.05, 0.1) is 21.7 Å². The van der Waals surface area contributed by atoms with Crippen LogP contribution in [0.3, 0.4) is 0 Å². The molecular weight excluding hydrogens is 476 g/mol. The van der Waals surface area contributed by atoms with E-state index in [0.29, 0.717) is 0 Å². The van der Waals surface area contributed by atoms with E-state index in [1.807, 2.05) is 0 Å². The number of carbonyl (C=O) groups excluding carboxylic acids is 4. The van der Waals surface area contributed by atoms with E-state index in [2.05, 4.69) is 0 Å². The minimum Gasteiger partial charge on any atom is -0.457 e. The molecule has 1 aliphatic rings. The molecule has 1 aliphatic carbocycles. The molecule has 0 fully saturated rings. The molecule has 0 amide bonds. The second-order valence-electron chi connectivity index (χ2n) is 7.83. The number of nitro benzene ring substituents is 2. The van der Waals surface area contributed by atoms with Crippen molar-refractivity contribution in [1.29, 1.82) is 0 Å². The second kappa shape index (κ2) is 11.6. The van der Waals surface area contributed by atoms with Crippen molar-refractivity contribution in [2.45, 2.75) is 12.8 Å². The van der Waals surface area contributed by atoms with Crippen molar-refractivity contribution in [2.24, 2.45) is 11.8 Å². The Morgan fingerprint density at radius 2 is 1.11 bits per heavy atom. The monoisotopic (exact) mass is 496 g/mol. The molecule has 0 N–H and O–H groups in total. The van der Waals surface area contributed by atoms with Crippen LogP contribution in [0.15, 0.2) is 60.7 Å². The predicted octanol–water partition coefficient (Wildman–Crippen LogP) is 3.24. The number of rotatable bonds is 10. The van der Waals surface area contributed by atoms with Gasteiger partial charge in [-0.15, -0.1) is 0 Å². The molecule has 0 saturated carbocycles. The van der Waals surface area contributed by atoms with Gasteiger partial charge in [0.2, 0.25) is 11.6 Å². The summed E-state index contributed by atoms with van der Waals surface area (Å²) in [7, 11) is 0. The van der Waals surface area contributed by atoms with Gasteiger partial charge < -0.3 is 9.47 Å². The maximum Gasteiger partial charge on any atom is 0.310 e. The molecule has 12 heteroatoms. The van der Waals surface area contributed by atoms with Crippen molar-refractivity contribution in [3.05, 3.63) is 92.0 Å². The SMILES string of the molecule is O=C(COC(=O)C1CC=CCC1C(=O)OCC(=O)c1cccc([N+](=O)[O-])c1)c1cccc([N+](=O)[O-])c1. The third kappa shape index (κ3) is 6.44. The van der Waals surface area contributed by atoms with Crippen LogP contribution >= 0.6 is 0 Å². The van der Waals surface area contributed by atoms with E-state index in [9.17, 15) is 39.4 Å². The summed E-state index contributed by atoms with van der Waals surface area (Å²) in [5.41, 5.74) is -0.577. The van der Waals surface area contributed by atoms with Crippen molar-refractivity contribution in [3.8, 4) is 0 Å². The van der Waals surface area contributed by atoms with E-state index in [0.717, 1.165) is 12.1 Å². The van der Waals surface area contributed by atoms with E-state index in [1.54, 1.807) is 12.2 Å². The zero-order valence-corrected chi connectivity index (χ0v) is 18.7. The van der Waals surface area contributed by atoms with Crippen LogP contribution in [0, 0.1) is 32.1 Å². The fourth-order valence-electron chi connectivity index (χ4n) is 3.58. The molecule has 2 atom stereocenters. The molecular formula is C24H20N2O10. The highest BCUT2D eigenvalue weighted by Crippen LogP contribution is 2.28. The molecule has 2 unspecified atom stereocenters. The number of esters is 2. The van der Waals surface area contributed by atoms with Crippen molar-refractivity contribution in [1.82, 2.24) is 0 Å². The van der Waals surface area contributed by atoms with Gasteiger partial charge in [0.15, 0.2) is 13.2 Å². The lowest BCUT2D eigenvalue weighted by molar-refractivity contribution is -0.385. The Morgan fingerprint density at radius 3 is 1.47 bits per heavy atom. The standard InChI is InChI=1S/C24H20N2O10/c27-21(15-5-3-7-17(11-15)25(31)32)13-35-23(29)19-9-1-2-10-20(19)24(30)36-14-22(28)16-6-4-8-18(12-16)26(33)34/h1-8,11-12,19-20H,9-10,13-14H2. The van der Waals surface area contributed by atoms with Crippen LogP contribution < -0.4 is 0 Å². The predicted molar refractivity (Wildman–Crippen MR) is 122 cm³/mol. The van der Waals surface area contributed by atoms with Crippen LogP contribution in [0.1, 0.15) is 33.6 Å². The van der Waals surface area contributed by atoms with Gasteiger partial charge in [0, 0.05) is 35.4 Å². The molecule has 0 saturated heterocycles. The maximum absolute atomic E-state index is 12.6. The van der Waals surface area contributed by atoms with Gasteiger partial charge in [-0.1, -0.05) is 36.4 Å². The number of nitrogens with zero attached hydrogens (tertiary/aromatic N) is 2. The van der Waals surface area contributed by atoms with Gasteiger partial charge in [-0.25, -0.2) is 0 Å². The Kier molecular flexibility index (Phi) is 8.34. The normalized spacial score (nSPS) is 16.6. The van der Waals surface area contributed by atoms with Crippen LogP contribution in [0.5, 0.6) is 0 Å². The molecule has 0 spiro atoms. The highest BCUT2D eigenvalue weighted by molar-refractivity contribution is 5.99. The molecule has 0 radical (unpaired) electrons. The van der Waals surface area contributed by atoms with E-state index in [4.69, 9.17) is 9.47 Å². The number of carbonyl (C=O) groups is 4. The summed E-state index contributed by atoms with van der Waals surface area (Å²) in [4.78, 5) is 70.3. The van der Waals surface area contributed by atoms with E-state index >= 15 is 0 Å². The zero-order chi connectivity index (χ0) is 26.2. The summed E-state index contributed by atoms with van der Waals surface area (Å²) < 4.78 is 10.2. The van der Waals surface area contributed by atoms with Gasteiger partial charge in [0.25, 0.3) is 11.4 Å². The Labute approximate surface area is 203 Å². The third-order valence-corrected chi connectivity index (χ3v) is 5.49. The number of non-ortho nitro benzene ring substituents is 2. The second-order valence-corrected chi connectivity index (χ2v) is 7.83. The first-order valence-corrected chi connectivity index (χ1v) is 10.7. The smallest absolute Gasteiger partial charge is 0.310 e. The Morgan fingerprint density at radius 1 is 0.722 bits per heavy atom. The van der Waals surface area contributed by atoms with Crippen molar-refractivity contribution in [2.75, 3.05) is 13.2 Å². The number of benzene rings is 2. The average Bonchev–Trinajstić information content (AvgIpc) is 2.90. The molecule has 36 heavy (non-hydrogen) atoms. The largest absolute Gasteiger partial charge is 0.457 e. The fourth-order valence-corrected chi connectivity index (χ4v) is 3.58. The molecule has 2 aromatic carbocycles. The van der Waals surface area contributed by atoms with Crippen LogP contribution in [-0.2, 0) is 19.1 Å². The Hall–Kier alpha value is -4.74. The minimum absolute atomic E-state index is 0.00355. The number of hydrogen-bond acceptors (Lipinski definition) is 10. The molecule has 0 aliphatic heterocycles. The number of Topliss-reactive ketones (excluding diaryl/α,β-unsaturated/α-hetero) is 2. The lowest BCUT2D eigenvalue weighted by atomic mass is 9.83. The fraction of sp³-hybridized carbons (Fsp3) is 0.250. The van der Waals surface area contributed by atoms with E-state index in [-0.39, 0.29) is 35.3 Å². The molecule has 0 heterocycles. The average molecular weight is 496 g/mol. The van der Waals surface area contributed by atoms with Crippen molar-refractivity contribution >= 4 is 34.9 Å². The topological polar surface area (TPSA) is 173 Å². The summed E-state index contributed by atoms with van der Waals surface area (Å²) in [5, 5.41) is 21.8. The molecule has 2 aromatic rings. The quantitative estimate of drug-likeness (QED) is 0.156. The van der Waals surface area contributed by atoms with E-state index in [1.165, 1.54) is 36.4 Å². The van der Waals surface area contributed by atoms with Crippen LogP contribution in [0.2, 0.25) is 0 Å². The highest BCUT2D eigenvalue weighted by atomic mass is 16.6. The number of ketones is 2. The molecule has 3 rings (SSSR count). The number of nitro groups is 2. The first kappa shape index (κ1) is 25.9. The van der Waals surface area contributed by atoms with Crippen molar-refractivity contribution in [3.63, 3.8) is 0 Å². The lowest BCUT2D eigenvalue weighted by Crippen LogP contribution is -2.35. The zero-order valence-electron chi connectivity index (χ0n) is 18.7. The summed E-state index contributed by atoms with van der Waals surface area (Å²) >= 11 is 0. The minimum atomic E-state index is -0.965. The summed E-state index contributed by atoms with van der Waals surface area (Å²) in [6.45, 7) is -1.35. The third-order valence-electron chi connectivity index (χ3n) is 5.49. The van der Waals surface area contributed by atoms with Gasteiger partial charge in [0.1, 0.15) is 0 Å². The van der Waals surface area contributed by atoms with Gasteiger partial charge in [-0.05, 0) is 12.8 Å². The van der Waals surface area contributed by atoms with Crippen LogP contribution in [0.25, 0.3) is 0 Å². The number of allylic oxidation sites excluding steroid dienone is 2. The Bertz CT molecular complexity index is 1160. The van der Waals surface area contributed by atoms with Crippen LogP contribution in [0.4, 0.5) is 11.4 Å². The highest BCUT2D eigenvalue weighted by Gasteiger charge is 2.37. The molecule has 0 aromatic heterocycles. The Balaban J connectivity index is 1.58. The van der Waals surface area contributed by atoms with Crippen LogP contribution in [-0.4, -0.2) is 46.6 Å². The first-order chi connectivity index (χ1) is 17.2. The number of ether oxygens (including phenoxy) is 2. The van der Waals surface area contributed by atoms with E-state index < -0.39 is 58.4 Å². The maximum atomic E-state index is 12.6. The first-order valence-electron chi connectivity index (χ1n) is 10.7. The summed E-state index contributed by atoms with van der Waals surface area (Å²) in [6, 6.07) is 9.95. The van der Waals surface area contributed by atoms with Gasteiger partial charge in [-0.2, -0.15) is 0 Å². The summed E-state index contributed by atoms with van der Waals surface area (Å²) in [6.07, 6.45) is 3.63. The summed E-state index contributed by atoms with van der Waals surface area (Å²) in [5.74, 6) is -4.89. The lowest BCUT2D eigenvalue weighted by Gasteiger charge is -2.25. The molecule has 0 bridgehead atoms. The van der Waals surface area contributed by atoms with Gasteiger partial charge >= 0.3 is 11.9 Å². The number of hydrogen-bond donors (Lipinski definition) is 0. The molecule has 186 valence electrons. The van der Waals surface area contributed by atoms with Gasteiger partial charge in [-0.3, -0.25) is 39.4 Å². The molecule has 12 nitrogen and oxygen atoms in total. The van der Waals surface area contributed by atoms with Crippen molar-refractivity contribution < 1.29 is 38.5 Å².